The van der Waals surface area contributed by atoms with Crippen LogP contribution in [0.3, 0.4) is 0 Å². The van der Waals surface area contributed by atoms with Gasteiger partial charge in [-0.2, -0.15) is 8.78 Å². The number of urea groups is 1. The molecule has 0 aliphatic carbocycles. The molecule has 8 heteroatoms. The lowest BCUT2D eigenvalue weighted by Gasteiger charge is -2.22. The fourth-order valence-electron chi connectivity index (χ4n) is 3.39. The first-order valence-corrected chi connectivity index (χ1v) is 9.56. The number of nitrogens with zero attached hydrogens (tertiary/aromatic N) is 1. The van der Waals surface area contributed by atoms with Gasteiger partial charge in [0.25, 0.3) is 5.91 Å². The maximum Gasteiger partial charge on any atom is 0.387 e. The maximum atomic E-state index is 12.9. The van der Waals surface area contributed by atoms with Crippen LogP contribution in [0.1, 0.15) is 41.8 Å². The van der Waals surface area contributed by atoms with Crippen molar-refractivity contribution in [1.29, 1.82) is 0 Å². The van der Waals surface area contributed by atoms with Crippen LogP contribution in [0.2, 0.25) is 0 Å². The molecular formula is C22H22F2N2O4. The molecule has 1 N–H and O–H groups in total. The summed E-state index contributed by atoms with van der Waals surface area (Å²) in [7, 11) is 0. The largest absolute Gasteiger partial charge is 0.435 e. The van der Waals surface area contributed by atoms with Crippen molar-refractivity contribution in [3.8, 4) is 5.75 Å². The van der Waals surface area contributed by atoms with E-state index < -0.39 is 24.1 Å². The summed E-state index contributed by atoms with van der Waals surface area (Å²) in [5.41, 5.74) is 0.501. The van der Waals surface area contributed by atoms with Gasteiger partial charge in [0.2, 0.25) is 0 Å². The number of Topliss-reactive ketones (excluding diaryl/α,β-unsaturated/α-hetero) is 1. The highest BCUT2D eigenvalue weighted by atomic mass is 19.3. The van der Waals surface area contributed by atoms with Gasteiger partial charge in [-0.3, -0.25) is 14.5 Å². The van der Waals surface area contributed by atoms with Crippen LogP contribution in [-0.2, 0) is 16.8 Å². The van der Waals surface area contributed by atoms with E-state index in [9.17, 15) is 23.2 Å². The van der Waals surface area contributed by atoms with Gasteiger partial charge < -0.3 is 10.1 Å². The number of ether oxygens (including phenoxy) is 1. The summed E-state index contributed by atoms with van der Waals surface area (Å²) >= 11 is 0. The van der Waals surface area contributed by atoms with E-state index in [2.05, 4.69) is 17.0 Å². The van der Waals surface area contributed by atoms with Crippen LogP contribution in [0.5, 0.6) is 5.75 Å². The minimum Gasteiger partial charge on any atom is -0.435 e. The Bertz CT molecular complexity index is 945. The molecule has 0 bridgehead atoms. The molecule has 1 heterocycles. The fourth-order valence-corrected chi connectivity index (χ4v) is 3.39. The molecule has 6 nitrogen and oxygen atoms in total. The number of benzene rings is 2. The fraction of sp³-hybridized carbons (Fsp3) is 0.318. The first-order valence-electron chi connectivity index (χ1n) is 9.56. The molecular weight excluding hydrogens is 394 g/mol. The number of carbonyl (C=O) groups is 3. The molecule has 1 atom stereocenters. The van der Waals surface area contributed by atoms with Crippen LogP contribution in [0, 0.1) is 0 Å². The summed E-state index contributed by atoms with van der Waals surface area (Å²) in [6.07, 6.45) is 1.89. The molecule has 1 saturated heterocycles. The number of halogens is 2. The second kappa shape index (κ2) is 8.61. The van der Waals surface area contributed by atoms with Gasteiger partial charge in [0.05, 0.1) is 6.54 Å². The number of imide groups is 1. The quantitative estimate of drug-likeness (QED) is 0.523. The number of carbonyl (C=O) groups excluding carboxylic acids is 3. The third kappa shape index (κ3) is 4.32. The van der Waals surface area contributed by atoms with Crippen LogP contribution in [0.4, 0.5) is 13.6 Å². The SMILES string of the molecule is CCCc1ccc(C(=O)CN2C(=O)NC(C)(c3ccc(OC(F)F)cc3)C2=O)cc1. The Morgan fingerprint density at radius 2 is 1.73 bits per heavy atom. The van der Waals surface area contributed by atoms with E-state index >= 15 is 0 Å². The predicted octanol–water partition coefficient (Wildman–Crippen LogP) is 3.89. The molecule has 2 aromatic carbocycles. The number of amides is 3. The van der Waals surface area contributed by atoms with E-state index in [0.29, 0.717) is 11.1 Å². The zero-order valence-electron chi connectivity index (χ0n) is 16.7. The maximum absolute atomic E-state index is 12.9. The molecule has 0 radical (unpaired) electrons. The van der Waals surface area contributed by atoms with E-state index in [0.717, 1.165) is 23.3 Å². The Morgan fingerprint density at radius 1 is 1.10 bits per heavy atom. The van der Waals surface area contributed by atoms with E-state index in [-0.39, 0.29) is 18.1 Å². The molecule has 1 unspecified atom stereocenters. The number of hydrogen-bond acceptors (Lipinski definition) is 4. The lowest BCUT2D eigenvalue weighted by molar-refractivity contribution is -0.130. The minimum absolute atomic E-state index is 0.0623. The van der Waals surface area contributed by atoms with Gasteiger partial charge in [0.15, 0.2) is 5.78 Å². The predicted molar refractivity (Wildman–Crippen MR) is 105 cm³/mol. The van der Waals surface area contributed by atoms with Crippen LogP contribution in [0.25, 0.3) is 0 Å². The smallest absolute Gasteiger partial charge is 0.387 e. The van der Waals surface area contributed by atoms with Crippen molar-refractivity contribution in [1.82, 2.24) is 10.2 Å². The van der Waals surface area contributed by atoms with Gasteiger partial charge in [-0.25, -0.2) is 4.79 Å². The third-order valence-corrected chi connectivity index (χ3v) is 5.05. The standard InChI is InChI=1S/C22H22F2N2O4/c1-3-4-14-5-7-15(8-6-14)18(27)13-26-19(28)22(2,25-21(26)29)16-9-11-17(12-10-16)30-20(23)24/h5-12,20H,3-4,13H2,1-2H3,(H,25,29). The Balaban J connectivity index is 1.74. The van der Waals surface area contributed by atoms with Crippen LogP contribution in [0.15, 0.2) is 48.5 Å². The van der Waals surface area contributed by atoms with Crippen LogP contribution < -0.4 is 10.1 Å². The number of alkyl halides is 2. The highest BCUT2D eigenvalue weighted by molar-refractivity contribution is 6.11. The minimum atomic E-state index is -2.96. The van der Waals surface area contributed by atoms with Gasteiger partial charge in [0.1, 0.15) is 11.3 Å². The summed E-state index contributed by atoms with van der Waals surface area (Å²) in [4.78, 5) is 38.8. The van der Waals surface area contributed by atoms with Crippen molar-refractivity contribution in [3.05, 3.63) is 65.2 Å². The Labute approximate surface area is 172 Å². The van der Waals surface area contributed by atoms with E-state index in [1.807, 2.05) is 12.1 Å². The van der Waals surface area contributed by atoms with Gasteiger partial charge >= 0.3 is 12.6 Å². The number of rotatable bonds is 8. The van der Waals surface area contributed by atoms with Gasteiger partial charge in [-0.05, 0) is 36.6 Å². The topological polar surface area (TPSA) is 75.7 Å². The Hall–Kier alpha value is -3.29. The van der Waals surface area contributed by atoms with Crippen molar-refractivity contribution in [2.45, 2.75) is 38.8 Å². The number of aryl methyl sites for hydroxylation is 1. The van der Waals surface area contributed by atoms with Crippen molar-refractivity contribution in [2.75, 3.05) is 6.54 Å². The molecule has 0 aromatic heterocycles. The normalized spacial score (nSPS) is 18.6. The zero-order valence-corrected chi connectivity index (χ0v) is 16.7. The molecule has 0 spiro atoms. The molecule has 30 heavy (non-hydrogen) atoms. The molecule has 3 amide bonds. The summed E-state index contributed by atoms with van der Waals surface area (Å²) < 4.78 is 28.9. The molecule has 0 saturated carbocycles. The highest BCUT2D eigenvalue weighted by Crippen LogP contribution is 2.30. The lowest BCUT2D eigenvalue weighted by atomic mass is 9.92. The first-order chi connectivity index (χ1) is 14.2. The number of nitrogens with one attached hydrogen (secondary N) is 1. The van der Waals surface area contributed by atoms with Crippen molar-refractivity contribution in [2.24, 2.45) is 0 Å². The van der Waals surface area contributed by atoms with Gasteiger partial charge in [-0.1, -0.05) is 49.7 Å². The first kappa shape index (κ1) is 21.4. The molecule has 3 rings (SSSR count). The second-order valence-corrected chi connectivity index (χ2v) is 7.22. The average Bonchev–Trinajstić information content (AvgIpc) is 2.93. The van der Waals surface area contributed by atoms with Crippen molar-refractivity contribution < 1.29 is 27.9 Å². The summed E-state index contributed by atoms with van der Waals surface area (Å²) in [6, 6.07) is 11.8. The number of hydrogen-bond donors (Lipinski definition) is 1. The van der Waals surface area contributed by atoms with Crippen LogP contribution in [-0.4, -0.2) is 35.8 Å². The van der Waals surface area contributed by atoms with E-state index in [4.69, 9.17) is 0 Å². The lowest BCUT2D eigenvalue weighted by Crippen LogP contribution is -2.41. The molecule has 158 valence electrons. The van der Waals surface area contributed by atoms with Crippen molar-refractivity contribution in [3.63, 3.8) is 0 Å². The van der Waals surface area contributed by atoms with Crippen LogP contribution >= 0.6 is 0 Å². The molecule has 2 aromatic rings. The third-order valence-electron chi connectivity index (χ3n) is 5.05. The van der Waals surface area contributed by atoms with E-state index in [1.54, 1.807) is 12.1 Å². The summed E-state index contributed by atoms with van der Waals surface area (Å²) in [6.45, 7) is 0.213. The molecule has 1 fully saturated rings. The highest BCUT2D eigenvalue weighted by Gasteiger charge is 2.49. The average molecular weight is 416 g/mol. The number of ketones is 1. The van der Waals surface area contributed by atoms with Crippen molar-refractivity contribution >= 4 is 17.7 Å². The summed E-state index contributed by atoms with van der Waals surface area (Å²) in [5, 5.41) is 2.59. The van der Waals surface area contributed by atoms with E-state index in [1.165, 1.54) is 31.2 Å². The second-order valence-electron chi connectivity index (χ2n) is 7.22. The zero-order chi connectivity index (χ0) is 21.9. The molecule has 1 aliphatic heterocycles. The molecule has 1 aliphatic rings. The summed E-state index contributed by atoms with van der Waals surface area (Å²) in [5.74, 6) is -1.01. The Kier molecular flexibility index (Phi) is 6.14. The Morgan fingerprint density at radius 3 is 2.30 bits per heavy atom. The monoisotopic (exact) mass is 416 g/mol. The van der Waals surface area contributed by atoms with Gasteiger partial charge in [0, 0.05) is 5.56 Å². The van der Waals surface area contributed by atoms with Gasteiger partial charge in [-0.15, -0.1) is 0 Å².